The lowest BCUT2D eigenvalue weighted by Gasteiger charge is -2.32. The zero-order valence-electron chi connectivity index (χ0n) is 15.8. The fourth-order valence-electron chi connectivity index (χ4n) is 3.97. The van der Waals surface area contributed by atoms with E-state index in [0.29, 0.717) is 32.9 Å². The lowest BCUT2D eigenvalue weighted by atomic mass is 9.79. The number of amides is 2. The molecule has 26 heavy (non-hydrogen) atoms. The van der Waals surface area contributed by atoms with Crippen LogP contribution in [-0.2, 0) is 14.9 Å². The number of carbonyl (C=O) groups is 1. The van der Waals surface area contributed by atoms with Gasteiger partial charge in [0.1, 0.15) is 5.75 Å². The van der Waals surface area contributed by atoms with Gasteiger partial charge < -0.3 is 24.4 Å². The molecule has 1 aliphatic carbocycles. The molecule has 1 aromatic rings. The highest BCUT2D eigenvalue weighted by Crippen LogP contribution is 2.41. The van der Waals surface area contributed by atoms with Crippen molar-refractivity contribution in [1.82, 2.24) is 10.2 Å². The monoisotopic (exact) mass is 362 g/mol. The molecule has 0 aromatic heterocycles. The Morgan fingerprint density at radius 2 is 2.00 bits per heavy atom. The maximum absolute atomic E-state index is 12.5. The minimum absolute atomic E-state index is 0.0211. The summed E-state index contributed by atoms with van der Waals surface area (Å²) in [6.07, 6.45) is 4.56. The molecule has 0 spiro atoms. The van der Waals surface area contributed by atoms with Gasteiger partial charge >= 0.3 is 6.03 Å². The molecule has 2 amide bonds. The van der Waals surface area contributed by atoms with E-state index in [0.717, 1.165) is 18.6 Å². The van der Waals surface area contributed by atoms with Crippen LogP contribution in [0, 0.1) is 0 Å². The molecule has 0 bridgehead atoms. The Balaban J connectivity index is 1.58. The SMILES string of the molecule is COc1ccc(C2(CNC(=O)N(C)C[C@H]3COCCO3)CCCC2)cc1. The number of rotatable bonds is 6. The maximum atomic E-state index is 12.5. The summed E-state index contributed by atoms with van der Waals surface area (Å²) in [5, 5.41) is 3.14. The molecule has 6 heteroatoms. The second-order valence-corrected chi connectivity index (χ2v) is 7.32. The van der Waals surface area contributed by atoms with Crippen molar-refractivity contribution < 1.29 is 19.0 Å². The standard InChI is InChI=1S/C20H30N2O4/c1-22(13-18-14-25-11-12-26-18)19(23)21-15-20(9-3-4-10-20)16-5-7-17(24-2)8-6-16/h5-8,18H,3-4,9-15H2,1-2H3,(H,21,23)/t18-/m0/s1. The third-order valence-electron chi connectivity index (χ3n) is 5.55. The van der Waals surface area contributed by atoms with Gasteiger partial charge in [0.15, 0.2) is 0 Å². The van der Waals surface area contributed by atoms with Crippen molar-refractivity contribution in [3.8, 4) is 5.75 Å². The molecule has 6 nitrogen and oxygen atoms in total. The van der Waals surface area contributed by atoms with E-state index in [1.54, 1.807) is 12.0 Å². The van der Waals surface area contributed by atoms with Crippen LogP contribution in [-0.4, -0.2) is 64.1 Å². The number of hydrogen-bond acceptors (Lipinski definition) is 4. The lowest BCUT2D eigenvalue weighted by Crippen LogP contribution is -2.48. The van der Waals surface area contributed by atoms with Crippen LogP contribution < -0.4 is 10.1 Å². The van der Waals surface area contributed by atoms with Crippen LogP contribution >= 0.6 is 0 Å². The number of urea groups is 1. The normalized spacial score (nSPS) is 22.0. The Bertz CT molecular complexity index is 578. The largest absolute Gasteiger partial charge is 0.497 e. The Hall–Kier alpha value is -1.79. The number of methoxy groups -OCH3 is 1. The quantitative estimate of drug-likeness (QED) is 0.845. The van der Waals surface area contributed by atoms with E-state index in [1.807, 2.05) is 19.2 Å². The second-order valence-electron chi connectivity index (χ2n) is 7.32. The average molecular weight is 362 g/mol. The summed E-state index contributed by atoms with van der Waals surface area (Å²) in [6, 6.07) is 8.22. The molecule has 0 radical (unpaired) electrons. The van der Waals surface area contributed by atoms with Crippen LogP contribution in [0.5, 0.6) is 5.75 Å². The number of hydrogen-bond donors (Lipinski definition) is 1. The molecular weight excluding hydrogens is 332 g/mol. The van der Waals surface area contributed by atoms with Crippen molar-refractivity contribution in [3.63, 3.8) is 0 Å². The zero-order chi connectivity index (χ0) is 18.4. The molecular formula is C20H30N2O4. The number of carbonyl (C=O) groups excluding carboxylic acids is 1. The number of ether oxygens (including phenoxy) is 3. The molecule has 2 fully saturated rings. The first-order chi connectivity index (χ1) is 12.6. The Kier molecular flexibility index (Phi) is 6.38. The highest BCUT2D eigenvalue weighted by molar-refractivity contribution is 5.74. The molecule has 1 heterocycles. The van der Waals surface area contributed by atoms with Gasteiger partial charge in [-0.3, -0.25) is 0 Å². The fourth-order valence-corrected chi connectivity index (χ4v) is 3.97. The van der Waals surface area contributed by atoms with Crippen molar-refractivity contribution in [2.24, 2.45) is 0 Å². The maximum Gasteiger partial charge on any atom is 0.317 e. The smallest absolute Gasteiger partial charge is 0.317 e. The summed E-state index contributed by atoms with van der Waals surface area (Å²) in [6.45, 7) is 2.98. The molecule has 3 rings (SSSR count). The van der Waals surface area contributed by atoms with Gasteiger partial charge in [0.2, 0.25) is 0 Å². The van der Waals surface area contributed by atoms with E-state index in [1.165, 1.54) is 18.4 Å². The highest BCUT2D eigenvalue weighted by atomic mass is 16.6. The van der Waals surface area contributed by atoms with Crippen LogP contribution in [0.2, 0.25) is 0 Å². The number of benzene rings is 1. The van der Waals surface area contributed by atoms with Gasteiger partial charge in [-0.2, -0.15) is 0 Å². The van der Waals surface area contributed by atoms with Gasteiger partial charge in [0, 0.05) is 19.0 Å². The van der Waals surface area contributed by atoms with Crippen LogP contribution in [0.15, 0.2) is 24.3 Å². The van der Waals surface area contributed by atoms with E-state index in [2.05, 4.69) is 17.4 Å². The van der Waals surface area contributed by atoms with Crippen LogP contribution in [0.1, 0.15) is 31.2 Å². The number of nitrogens with zero attached hydrogens (tertiary/aromatic N) is 1. The summed E-state index contributed by atoms with van der Waals surface area (Å²) in [4.78, 5) is 14.2. The third-order valence-corrected chi connectivity index (χ3v) is 5.55. The molecule has 1 N–H and O–H groups in total. The van der Waals surface area contributed by atoms with Gasteiger partial charge in [-0.1, -0.05) is 25.0 Å². The van der Waals surface area contributed by atoms with E-state index in [9.17, 15) is 4.79 Å². The molecule has 1 atom stereocenters. The molecule has 144 valence electrons. The summed E-state index contributed by atoms with van der Waals surface area (Å²) in [7, 11) is 3.49. The van der Waals surface area contributed by atoms with Crippen molar-refractivity contribution in [1.29, 1.82) is 0 Å². The van der Waals surface area contributed by atoms with Crippen molar-refractivity contribution in [2.45, 2.75) is 37.2 Å². The topological polar surface area (TPSA) is 60.0 Å². The average Bonchev–Trinajstić information content (AvgIpc) is 3.17. The molecule has 1 aliphatic heterocycles. The van der Waals surface area contributed by atoms with E-state index >= 15 is 0 Å². The Labute approximate surface area is 155 Å². The summed E-state index contributed by atoms with van der Waals surface area (Å²) < 4.78 is 16.3. The van der Waals surface area contributed by atoms with E-state index in [4.69, 9.17) is 14.2 Å². The predicted octanol–water partition coefficient (Wildman–Crippen LogP) is 2.56. The van der Waals surface area contributed by atoms with Gasteiger partial charge in [-0.15, -0.1) is 0 Å². The van der Waals surface area contributed by atoms with Gasteiger partial charge in [-0.05, 0) is 30.5 Å². The number of nitrogens with one attached hydrogen (secondary N) is 1. The summed E-state index contributed by atoms with van der Waals surface area (Å²) >= 11 is 0. The van der Waals surface area contributed by atoms with Crippen molar-refractivity contribution >= 4 is 6.03 Å². The summed E-state index contributed by atoms with van der Waals surface area (Å²) in [5.41, 5.74) is 1.30. The van der Waals surface area contributed by atoms with Crippen LogP contribution in [0.4, 0.5) is 4.79 Å². The van der Waals surface area contributed by atoms with E-state index in [-0.39, 0.29) is 17.6 Å². The van der Waals surface area contributed by atoms with Crippen LogP contribution in [0.25, 0.3) is 0 Å². The van der Waals surface area contributed by atoms with Crippen LogP contribution in [0.3, 0.4) is 0 Å². The highest BCUT2D eigenvalue weighted by Gasteiger charge is 2.36. The zero-order valence-corrected chi connectivity index (χ0v) is 15.8. The molecule has 0 unspecified atom stereocenters. The Morgan fingerprint density at radius 3 is 2.62 bits per heavy atom. The first-order valence-electron chi connectivity index (χ1n) is 9.46. The molecule has 1 saturated heterocycles. The number of likely N-dealkylation sites (N-methyl/N-ethyl adjacent to an activating group) is 1. The summed E-state index contributed by atoms with van der Waals surface area (Å²) in [5.74, 6) is 0.861. The Morgan fingerprint density at radius 1 is 1.27 bits per heavy atom. The first kappa shape index (κ1) is 19.0. The predicted molar refractivity (Wildman–Crippen MR) is 99.7 cm³/mol. The third kappa shape index (κ3) is 4.48. The first-order valence-corrected chi connectivity index (χ1v) is 9.46. The second kappa shape index (κ2) is 8.73. The molecule has 1 aromatic carbocycles. The van der Waals surface area contributed by atoms with Crippen molar-refractivity contribution in [3.05, 3.63) is 29.8 Å². The van der Waals surface area contributed by atoms with Gasteiger partial charge in [0.05, 0.1) is 39.6 Å². The minimum Gasteiger partial charge on any atom is -0.497 e. The van der Waals surface area contributed by atoms with Gasteiger partial charge in [0.25, 0.3) is 0 Å². The lowest BCUT2D eigenvalue weighted by molar-refractivity contribution is -0.0928. The molecule has 2 aliphatic rings. The van der Waals surface area contributed by atoms with E-state index < -0.39 is 0 Å². The van der Waals surface area contributed by atoms with Crippen molar-refractivity contribution in [2.75, 3.05) is 47.1 Å². The minimum atomic E-state index is -0.0565. The molecule has 1 saturated carbocycles. The van der Waals surface area contributed by atoms with Gasteiger partial charge in [-0.25, -0.2) is 4.79 Å². The fraction of sp³-hybridized carbons (Fsp3) is 0.650.